The van der Waals surface area contributed by atoms with Crippen LogP contribution in [0.15, 0.2) is 243 Å². The standard InChI is InChI=1S/C76H61N5O/c1-74(2,3)51-40-41-77-72(42-51)81-66-39-21-16-32-58(66)59-44-70(80-64-37-19-14-30-56(64)57-31-15-20-38-65(57)80)71(47-67(59)81)82-53-29-22-28-52(43-53)78-48-79(73-54(49-24-10-8-11-25-49)33-23-34-55(73)50-26-12-9-13-27-50)69-46-63-62(45-68(69)78)75(4,5)60-35-17-18-36-61(60)76(63,6)7/h8-47H,1-7H3/i8D,9D,10D,11D,12D,13D,24D,25D,26D,27D. The normalized spacial score (nSPS) is 15.5. The van der Waals surface area contributed by atoms with E-state index in [1.807, 2.05) is 35.0 Å². The molecule has 0 radical (unpaired) electrons. The molecule has 1 aliphatic carbocycles. The summed E-state index contributed by atoms with van der Waals surface area (Å²) in [4.78, 5) is 5.02. The zero-order valence-corrected chi connectivity index (χ0v) is 46.5. The average Bonchev–Trinajstić information content (AvgIpc) is 1.31. The molecule has 0 saturated carbocycles. The molecule has 15 rings (SSSR count). The molecule has 0 amide bonds. The molecule has 0 spiro atoms. The number of pyridine rings is 1. The fourth-order valence-corrected chi connectivity index (χ4v) is 12.9. The first kappa shape index (κ1) is 39.6. The summed E-state index contributed by atoms with van der Waals surface area (Å²) in [7, 11) is 0. The van der Waals surface area contributed by atoms with Crippen LogP contribution in [0, 0.1) is 6.33 Å². The lowest BCUT2D eigenvalue weighted by molar-refractivity contribution is -0.571. The van der Waals surface area contributed by atoms with Gasteiger partial charge in [0.1, 0.15) is 11.6 Å². The zero-order valence-electron chi connectivity index (χ0n) is 56.5. The highest BCUT2D eigenvalue weighted by atomic mass is 16.5. The van der Waals surface area contributed by atoms with Crippen molar-refractivity contribution in [1.82, 2.24) is 18.7 Å². The molecule has 4 aromatic heterocycles. The quantitative estimate of drug-likeness (QED) is 0.112. The second kappa shape index (κ2) is 18.4. The number of fused-ring (bicyclic) bond motifs is 9. The van der Waals surface area contributed by atoms with E-state index in [-0.39, 0.29) is 33.4 Å². The zero-order chi connectivity index (χ0) is 64.4. The SMILES string of the molecule is [2H]c1c([2H])c([2H])c(-c2cccc(-c3c([2H])c([2H])c([2H])c([2H])c3[2H])c2-[n+]2[c-]n(-c3cccc(Oc4cc5c(cc4-n4c6ccccc6c6ccccc64)c4ccccc4n5-c4cc(C(C)(C)C)ccn4)c3)c3cc4c(cc32)C(C)(C)c2ccccc2C4(C)C)c([2H])c1[2H]. The molecule has 14 aromatic rings. The van der Waals surface area contributed by atoms with E-state index in [1.165, 1.54) is 5.56 Å². The molecule has 0 bridgehead atoms. The van der Waals surface area contributed by atoms with Crippen molar-refractivity contribution in [2.75, 3.05) is 0 Å². The highest BCUT2D eigenvalue weighted by molar-refractivity contribution is 6.13. The average molecular weight is 1070 g/mol. The monoisotopic (exact) mass is 1070 g/mol. The fourth-order valence-electron chi connectivity index (χ4n) is 12.9. The van der Waals surface area contributed by atoms with Gasteiger partial charge >= 0.3 is 0 Å². The van der Waals surface area contributed by atoms with Gasteiger partial charge in [-0.25, -0.2) is 4.98 Å². The number of aromatic nitrogens is 5. The second-order valence-corrected chi connectivity index (χ2v) is 23.5. The highest BCUT2D eigenvalue weighted by Gasteiger charge is 2.42. The van der Waals surface area contributed by atoms with Crippen molar-refractivity contribution in [2.45, 2.75) is 64.7 Å². The molecule has 0 fully saturated rings. The molecule has 10 aromatic carbocycles. The lowest BCUT2D eigenvalue weighted by Gasteiger charge is -2.44. The molecule has 6 nitrogen and oxygen atoms in total. The number of imidazole rings is 1. The maximum atomic E-state index is 9.42. The molecular weight excluding hydrogens is 999 g/mol. The maximum Gasteiger partial charge on any atom is 0.269 e. The summed E-state index contributed by atoms with van der Waals surface area (Å²) in [6.45, 7) is 15.4. The Hall–Kier alpha value is -9.78. The molecule has 0 unspecified atom stereocenters. The second-order valence-electron chi connectivity index (χ2n) is 23.5. The van der Waals surface area contributed by atoms with Gasteiger partial charge in [0.05, 0.1) is 63.9 Å². The topological polar surface area (TPSA) is 40.8 Å². The predicted octanol–water partition coefficient (Wildman–Crippen LogP) is 18.7. The van der Waals surface area contributed by atoms with Crippen LogP contribution in [0.2, 0.25) is 0 Å². The predicted molar refractivity (Wildman–Crippen MR) is 337 cm³/mol. The van der Waals surface area contributed by atoms with Crippen LogP contribution in [-0.4, -0.2) is 18.7 Å². The Kier molecular flexibility index (Phi) is 8.87. The van der Waals surface area contributed by atoms with Gasteiger partial charge < -0.3 is 9.30 Å². The number of nitrogens with zero attached hydrogens (tertiary/aromatic N) is 5. The van der Waals surface area contributed by atoms with Gasteiger partial charge in [-0.15, -0.1) is 0 Å². The van der Waals surface area contributed by atoms with Crippen molar-refractivity contribution in [3.63, 3.8) is 0 Å². The summed E-state index contributed by atoms with van der Waals surface area (Å²) in [6.07, 6.45) is 5.58. The van der Waals surface area contributed by atoms with E-state index in [2.05, 4.69) is 197 Å². The Balaban J connectivity index is 1.02. The molecule has 82 heavy (non-hydrogen) atoms. The Labute approximate surface area is 492 Å². The van der Waals surface area contributed by atoms with Gasteiger partial charge in [-0.05, 0) is 122 Å². The minimum absolute atomic E-state index is 0.140. The summed E-state index contributed by atoms with van der Waals surface area (Å²) in [5.74, 6) is 1.81. The molecule has 0 N–H and O–H groups in total. The summed E-state index contributed by atoms with van der Waals surface area (Å²) in [6, 6.07) is 53.9. The first-order valence-corrected chi connectivity index (χ1v) is 27.7. The van der Waals surface area contributed by atoms with Gasteiger partial charge in [0.25, 0.3) is 6.33 Å². The minimum Gasteiger partial charge on any atom is -0.456 e. The van der Waals surface area contributed by atoms with Crippen molar-refractivity contribution < 1.29 is 23.0 Å². The summed E-state index contributed by atoms with van der Waals surface area (Å²) >= 11 is 0. The molecule has 4 heterocycles. The van der Waals surface area contributed by atoms with E-state index in [1.54, 1.807) is 22.8 Å². The molecule has 0 saturated heterocycles. The maximum absolute atomic E-state index is 9.42. The van der Waals surface area contributed by atoms with Crippen molar-refractivity contribution in [3.05, 3.63) is 277 Å². The largest absolute Gasteiger partial charge is 0.456 e. The lowest BCUT2D eigenvalue weighted by Crippen LogP contribution is -2.37. The van der Waals surface area contributed by atoms with Crippen molar-refractivity contribution in [3.8, 4) is 56.6 Å². The summed E-state index contributed by atoms with van der Waals surface area (Å²) in [5, 5.41) is 4.23. The number of hydrogen-bond donors (Lipinski definition) is 0. The van der Waals surface area contributed by atoms with Gasteiger partial charge in [0, 0.05) is 44.6 Å². The van der Waals surface area contributed by atoms with E-state index < -0.39 is 71.3 Å². The number of hydrogen-bond acceptors (Lipinski definition) is 2. The van der Waals surface area contributed by atoms with Crippen LogP contribution in [0.4, 0.5) is 0 Å². The summed E-state index contributed by atoms with van der Waals surface area (Å²) in [5.41, 5.74) is 11.0. The Morgan fingerprint density at radius 3 is 1.66 bits per heavy atom. The van der Waals surface area contributed by atoms with Crippen molar-refractivity contribution in [2.24, 2.45) is 0 Å². The van der Waals surface area contributed by atoms with E-state index in [4.69, 9.17) is 17.9 Å². The third-order valence-corrected chi connectivity index (χ3v) is 16.9. The van der Waals surface area contributed by atoms with Crippen LogP contribution in [0.1, 0.15) is 90.0 Å². The van der Waals surface area contributed by atoms with E-state index in [9.17, 15) is 5.48 Å². The Bertz CT molecular complexity index is 5320. The van der Waals surface area contributed by atoms with Crippen LogP contribution in [0.5, 0.6) is 11.5 Å². The van der Waals surface area contributed by atoms with Gasteiger partial charge in [0.2, 0.25) is 0 Å². The Morgan fingerprint density at radius 1 is 0.500 bits per heavy atom. The van der Waals surface area contributed by atoms with E-state index in [0.29, 0.717) is 28.2 Å². The third-order valence-electron chi connectivity index (χ3n) is 16.9. The van der Waals surface area contributed by atoms with Gasteiger partial charge in [-0.3, -0.25) is 13.7 Å². The van der Waals surface area contributed by atoms with Crippen LogP contribution >= 0.6 is 0 Å². The summed E-state index contributed by atoms with van der Waals surface area (Å²) < 4.78 is 106. The molecule has 1 aliphatic rings. The highest BCUT2D eigenvalue weighted by Crippen LogP contribution is 2.51. The first-order valence-electron chi connectivity index (χ1n) is 32.7. The van der Waals surface area contributed by atoms with Gasteiger partial charge in [0.15, 0.2) is 5.75 Å². The van der Waals surface area contributed by atoms with Crippen molar-refractivity contribution >= 4 is 54.6 Å². The number of ether oxygens (including phenoxy) is 1. The van der Waals surface area contributed by atoms with Crippen LogP contribution < -0.4 is 9.30 Å². The fraction of sp³-hybridized carbons (Fsp3) is 0.132. The van der Waals surface area contributed by atoms with Crippen LogP contribution in [0.25, 0.3) is 99.8 Å². The Morgan fingerprint density at radius 2 is 1.05 bits per heavy atom. The van der Waals surface area contributed by atoms with Gasteiger partial charge in [-0.1, -0.05) is 212 Å². The first-order chi connectivity index (χ1) is 44.0. The molecule has 0 atom stereocenters. The number of para-hydroxylation sites is 4. The van der Waals surface area contributed by atoms with Gasteiger partial charge in [-0.2, -0.15) is 0 Å². The molecule has 6 heteroatoms. The van der Waals surface area contributed by atoms with Crippen LogP contribution in [0.3, 0.4) is 0 Å². The molecule has 396 valence electrons. The van der Waals surface area contributed by atoms with Crippen molar-refractivity contribution in [1.29, 1.82) is 0 Å². The smallest absolute Gasteiger partial charge is 0.269 e. The van der Waals surface area contributed by atoms with Crippen LogP contribution in [-0.2, 0) is 16.2 Å². The van der Waals surface area contributed by atoms with E-state index in [0.717, 1.165) is 77.4 Å². The lowest BCUT2D eigenvalue weighted by atomic mass is 9.60. The van der Waals surface area contributed by atoms with E-state index >= 15 is 0 Å². The third kappa shape index (κ3) is 7.61. The number of rotatable bonds is 8. The molecular formula is C76H61N5O. The number of benzene rings is 10. The molecule has 0 aliphatic heterocycles. The minimum atomic E-state index is -0.575.